The van der Waals surface area contributed by atoms with Crippen LogP contribution in [0.5, 0.6) is 5.75 Å². The van der Waals surface area contributed by atoms with E-state index in [0.717, 1.165) is 85.4 Å². The molecule has 2 aromatic heterocycles. The molecule has 0 spiro atoms. The minimum absolute atomic E-state index is 0.0262. The van der Waals surface area contributed by atoms with E-state index in [1.54, 1.807) is 31.5 Å². The van der Waals surface area contributed by atoms with Crippen LogP contribution in [0.4, 0.5) is 43.3 Å². The van der Waals surface area contributed by atoms with E-state index in [1.165, 1.54) is 12.1 Å². The van der Waals surface area contributed by atoms with Crippen LogP contribution in [0.3, 0.4) is 0 Å². The summed E-state index contributed by atoms with van der Waals surface area (Å²) in [5, 5.41) is 10.6. The van der Waals surface area contributed by atoms with E-state index in [2.05, 4.69) is 72.6 Å². The number of pyridine rings is 1. The molecule has 4 fully saturated rings. The Morgan fingerprint density at radius 1 is 0.884 bits per heavy atom. The summed E-state index contributed by atoms with van der Waals surface area (Å²) in [4.78, 5) is 60.2. The van der Waals surface area contributed by atoms with Crippen LogP contribution in [0, 0.1) is 17.6 Å². The van der Waals surface area contributed by atoms with Gasteiger partial charge in [0.05, 0.1) is 40.3 Å². The number of halogens is 3. The molecular formula is C50H58BrF2N10O5P. The van der Waals surface area contributed by atoms with E-state index in [4.69, 9.17) is 14.7 Å². The lowest BCUT2D eigenvalue weighted by Gasteiger charge is -2.46. The highest BCUT2D eigenvalue weighted by molar-refractivity contribution is 9.10. The molecule has 5 aromatic rings. The zero-order chi connectivity index (χ0) is 48.7. The van der Waals surface area contributed by atoms with E-state index < -0.39 is 36.5 Å². The third-order valence-electron chi connectivity index (χ3n) is 14.0. The zero-order valence-corrected chi connectivity index (χ0v) is 42.1. The Labute approximate surface area is 409 Å². The Morgan fingerprint density at radius 3 is 2.26 bits per heavy atom. The minimum atomic E-state index is -2.76. The first-order valence-electron chi connectivity index (χ1n) is 23.7. The minimum Gasteiger partial charge on any atom is -0.494 e. The molecule has 3 N–H and O–H groups in total. The predicted octanol–water partition coefficient (Wildman–Crippen LogP) is 7.70. The number of hydrogen-bond acceptors (Lipinski definition) is 13. The SMILES string of the molecule is CCc1ccc2c(P(C)(C)=O)c(Nc3nc(Nc4cc(CC)c(N5CCC(N6CCN(C(=O)C7CN(c8cc(F)c([C@H]9CCC(=O)NC9=O)c(F)c8)C7)CC6)CC5)cc4OC)ncc3Br)ccc2n1. The third kappa shape index (κ3) is 10.0. The van der Waals surface area contributed by atoms with Crippen molar-refractivity contribution in [2.24, 2.45) is 5.92 Å². The number of imide groups is 1. The van der Waals surface area contributed by atoms with Crippen LogP contribution in [-0.4, -0.2) is 121 Å². The van der Waals surface area contributed by atoms with Gasteiger partial charge in [0.1, 0.15) is 30.3 Å². The number of benzene rings is 3. The summed E-state index contributed by atoms with van der Waals surface area (Å²) in [5.74, 6) is -2.50. The molecular weight excluding hydrogens is 969 g/mol. The van der Waals surface area contributed by atoms with Crippen LogP contribution in [0.25, 0.3) is 10.9 Å². The number of methoxy groups -OCH3 is 1. The number of hydrogen-bond donors (Lipinski definition) is 3. The molecule has 4 aliphatic heterocycles. The smallest absolute Gasteiger partial charge is 0.234 e. The van der Waals surface area contributed by atoms with Gasteiger partial charge in [0.15, 0.2) is 0 Å². The average Bonchev–Trinajstić information content (AvgIpc) is 3.31. The van der Waals surface area contributed by atoms with Crippen LogP contribution in [0.15, 0.2) is 59.2 Å². The van der Waals surface area contributed by atoms with E-state index in [-0.39, 0.29) is 30.2 Å². The number of piperidine rings is 2. The normalized spacial score (nSPS) is 18.6. The van der Waals surface area contributed by atoms with Gasteiger partial charge in [-0.2, -0.15) is 4.98 Å². The Balaban J connectivity index is 0.790. The second kappa shape index (κ2) is 20.0. The first kappa shape index (κ1) is 48.3. The summed E-state index contributed by atoms with van der Waals surface area (Å²) in [7, 11) is -1.10. The predicted molar refractivity (Wildman–Crippen MR) is 269 cm³/mol. The quantitative estimate of drug-likeness (QED) is 0.0777. The second-order valence-corrected chi connectivity index (χ2v) is 22.7. The molecule has 0 unspecified atom stereocenters. The Bertz CT molecular complexity index is 2840. The van der Waals surface area contributed by atoms with Gasteiger partial charge in [-0.15, -0.1) is 0 Å². The van der Waals surface area contributed by atoms with E-state index >= 15 is 8.78 Å². The number of nitrogens with one attached hydrogen (secondary N) is 3. The Hall–Kier alpha value is -5.71. The van der Waals surface area contributed by atoms with E-state index in [1.807, 2.05) is 29.2 Å². The fraction of sp³-hybridized carbons (Fsp3) is 0.440. The van der Waals surface area contributed by atoms with Gasteiger partial charge in [0.25, 0.3) is 0 Å². The highest BCUT2D eigenvalue weighted by Gasteiger charge is 2.39. The molecule has 15 nitrogen and oxygen atoms in total. The summed E-state index contributed by atoms with van der Waals surface area (Å²) in [6.07, 6.45) is 5.34. The lowest BCUT2D eigenvalue weighted by atomic mass is 9.89. The van der Waals surface area contributed by atoms with E-state index in [9.17, 15) is 18.9 Å². The number of rotatable bonds is 13. The molecule has 0 bridgehead atoms. The monoisotopic (exact) mass is 1030 g/mol. The van der Waals surface area contributed by atoms with Crippen molar-refractivity contribution in [3.8, 4) is 5.75 Å². The van der Waals surface area contributed by atoms with Gasteiger partial charge in [0, 0.05) is 110 Å². The number of nitrogens with zero attached hydrogens (tertiary/aromatic N) is 7. The molecule has 3 aromatic carbocycles. The number of ether oxygens (including phenoxy) is 1. The van der Waals surface area contributed by atoms with Crippen LogP contribution < -0.4 is 35.8 Å². The zero-order valence-electron chi connectivity index (χ0n) is 39.6. The summed E-state index contributed by atoms with van der Waals surface area (Å²) >= 11 is 3.62. The fourth-order valence-corrected chi connectivity index (χ4v) is 12.0. The first-order valence-corrected chi connectivity index (χ1v) is 27.1. The molecule has 0 radical (unpaired) electrons. The van der Waals surface area contributed by atoms with Crippen molar-refractivity contribution >= 4 is 91.5 Å². The first-order chi connectivity index (χ1) is 33.1. The topological polar surface area (TPSA) is 165 Å². The summed E-state index contributed by atoms with van der Waals surface area (Å²) in [6, 6.07) is 14.9. The maximum Gasteiger partial charge on any atom is 0.234 e. The van der Waals surface area contributed by atoms with Gasteiger partial charge in [-0.1, -0.05) is 19.9 Å². The highest BCUT2D eigenvalue weighted by atomic mass is 79.9. The molecule has 364 valence electrons. The number of carbonyl (C=O) groups is 3. The molecule has 1 atom stereocenters. The maximum atomic E-state index is 15.2. The van der Waals surface area contributed by atoms with Crippen molar-refractivity contribution in [1.29, 1.82) is 0 Å². The molecule has 69 heavy (non-hydrogen) atoms. The number of aryl methyl sites for hydroxylation is 2. The number of piperazine rings is 1. The molecule has 3 amide bonds. The van der Waals surface area contributed by atoms with Gasteiger partial charge in [-0.3, -0.25) is 29.6 Å². The standard InChI is InChI=1S/C50H58BrF2N10O5P/c1-6-29-22-41(57-50-54-26-36(51)47(59-50)56-40-12-11-39-34(46(40)69(4,5)67)9-8-31(7-2)55-39)43(68-3)25-42(29)61-16-14-32(15-17-61)60-18-20-62(21-19-60)49(66)30-27-63(28-30)33-23-37(52)45(38(53)24-33)35-10-13-44(64)58-48(35)65/h8-9,11-12,22-26,30,32,35H,6-7,10,13-21,27-28H2,1-5H3,(H,58,64,65)(H2,54,56,57,59)/t35-/m1/s1. The molecule has 6 heterocycles. The van der Waals surface area contributed by atoms with Crippen molar-refractivity contribution in [2.45, 2.75) is 64.3 Å². The molecule has 9 rings (SSSR count). The molecule has 0 aliphatic carbocycles. The number of anilines is 6. The van der Waals surface area contributed by atoms with Crippen molar-refractivity contribution in [3.05, 3.63) is 87.7 Å². The molecule has 4 aliphatic rings. The van der Waals surface area contributed by atoms with Crippen molar-refractivity contribution in [1.82, 2.24) is 30.1 Å². The van der Waals surface area contributed by atoms with Gasteiger partial charge in [-0.25, -0.2) is 13.8 Å². The van der Waals surface area contributed by atoms with Crippen molar-refractivity contribution in [2.75, 3.05) is 93.2 Å². The number of fused-ring (bicyclic) bond motifs is 1. The lowest BCUT2D eigenvalue weighted by Crippen LogP contribution is -2.59. The molecule has 19 heteroatoms. The third-order valence-corrected chi connectivity index (χ3v) is 16.2. The Morgan fingerprint density at radius 2 is 1.61 bits per heavy atom. The van der Waals surface area contributed by atoms with Gasteiger partial charge in [-0.05, 0) is 103 Å². The second-order valence-electron chi connectivity index (χ2n) is 18.7. The molecule has 0 saturated carbocycles. The summed E-state index contributed by atoms with van der Waals surface area (Å²) in [6.45, 7) is 13.0. The summed E-state index contributed by atoms with van der Waals surface area (Å²) in [5.41, 5.74) is 5.51. The van der Waals surface area contributed by atoms with Crippen LogP contribution in [-0.2, 0) is 31.8 Å². The largest absolute Gasteiger partial charge is 0.494 e. The van der Waals surface area contributed by atoms with Crippen LogP contribution in [0.1, 0.15) is 62.3 Å². The van der Waals surface area contributed by atoms with Crippen LogP contribution in [0.2, 0.25) is 0 Å². The number of aromatic nitrogens is 3. The Kier molecular flexibility index (Phi) is 14.0. The fourth-order valence-electron chi connectivity index (χ4n) is 10.3. The lowest BCUT2D eigenvalue weighted by molar-refractivity contribution is -0.138. The van der Waals surface area contributed by atoms with E-state index in [0.29, 0.717) is 70.9 Å². The van der Waals surface area contributed by atoms with Gasteiger partial charge < -0.3 is 34.6 Å². The van der Waals surface area contributed by atoms with Crippen molar-refractivity contribution in [3.63, 3.8) is 0 Å². The maximum absolute atomic E-state index is 15.2. The van der Waals surface area contributed by atoms with Gasteiger partial charge in [0.2, 0.25) is 23.7 Å². The van der Waals surface area contributed by atoms with Gasteiger partial charge >= 0.3 is 0 Å². The summed E-state index contributed by atoms with van der Waals surface area (Å²) < 4.78 is 50.7. The van der Waals surface area contributed by atoms with Crippen molar-refractivity contribution < 1.29 is 32.5 Å². The average molecular weight is 1030 g/mol. The number of amides is 3. The van der Waals surface area contributed by atoms with Crippen LogP contribution >= 0.6 is 23.1 Å². The molecule has 4 saturated heterocycles. The highest BCUT2D eigenvalue weighted by Crippen LogP contribution is 2.43. The number of carbonyl (C=O) groups excluding carboxylic acids is 3.